The monoisotopic (exact) mass is 300 g/mol. The van der Waals surface area contributed by atoms with E-state index in [1.165, 1.54) is 0 Å². The van der Waals surface area contributed by atoms with Crippen LogP contribution < -0.4 is 0 Å². The Morgan fingerprint density at radius 2 is 1.30 bits per heavy atom. The van der Waals surface area contributed by atoms with Gasteiger partial charge in [-0.05, 0) is 34.8 Å². The quantitative estimate of drug-likeness (QED) is 0.494. The molecule has 0 aromatic rings. The summed E-state index contributed by atoms with van der Waals surface area (Å²) < 4.78 is 0. The van der Waals surface area contributed by atoms with Gasteiger partial charge in [0.1, 0.15) is 0 Å². The zero-order valence-electron chi connectivity index (χ0n) is 13.3. The first-order valence-corrected chi connectivity index (χ1v) is 14.3. The number of hydrogen-bond donors (Lipinski definition) is 0. The lowest BCUT2D eigenvalue weighted by Crippen LogP contribution is -2.37. The maximum Gasteiger partial charge on any atom is 0.0780 e. The molecule has 0 aromatic heterocycles. The third-order valence-electron chi connectivity index (χ3n) is 6.44. The Hall–Kier alpha value is -0.606. The van der Waals surface area contributed by atoms with Crippen LogP contribution in [0.15, 0.2) is 48.9 Å². The summed E-state index contributed by atoms with van der Waals surface area (Å²) in [6, 6.07) is 0. The summed E-state index contributed by atoms with van der Waals surface area (Å²) in [6.45, 7) is 18.3. The van der Waals surface area contributed by atoms with E-state index in [9.17, 15) is 0 Å². The van der Waals surface area contributed by atoms with Gasteiger partial charge in [-0.15, -0.1) is 24.6 Å². The molecule has 0 amide bonds. The minimum atomic E-state index is -1.33. The molecule has 1 fully saturated rings. The zero-order chi connectivity index (χ0) is 14.7. The molecule has 0 nitrogen and oxygen atoms in total. The highest BCUT2D eigenvalue weighted by Crippen LogP contribution is 2.66. The molecule has 0 aromatic carbocycles. The molecule has 0 N–H and O–H groups in total. The lowest BCUT2D eigenvalue weighted by atomic mass is 9.85. The minimum absolute atomic E-state index is 0.792. The number of hydrogen-bond acceptors (Lipinski definition) is 0. The normalized spacial score (nSPS) is 42.0. The lowest BCUT2D eigenvalue weighted by Gasteiger charge is -2.36. The molecule has 0 heterocycles. The number of rotatable bonds is 4. The largest absolute Gasteiger partial charge is 0.107 e. The average molecular weight is 301 g/mol. The molecule has 3 rings (SSSR count). The predicted octanol–water partition coefficient (Wildman–Crippen LogP) is 5.21. The second-order valence-corrected chi connectivity index (χ2v) is 17.6. The number of allylic oxidation sites excluding steroid dienone is 4. The number of fused-ring (bicyclic) bond motifs is 5. The minimum Gasteiger partial charge on any atom is -0.107 e. The second-order valence-electron chi connectivity index (χ2n) is 8.18. The fourth-order valence-corrected chi connectivity index (χ4v) is 10.4. The topological polar surface area (TPSA) is 0 Å². The van der Waals surface area contributed by atoms with E-state index in [1.807, 2.05) is 0 Å². The highest BCUT2D eigenvalue weighted by Gasteiger charge is 2.60. The zero-order valence-corrected chi connectivity index (χ0v) is 15.3. The molecule has 2 bridgehead atoms. The van der Waals surface area contributed by atoms with Gasteiger partial charge in [0, 0.05) is 0 Å². The van der Waals surface area contributed by atoms with E-state index in [4.69, 9.17) is 0 Å². The summed E-state index contributed by atoms with van der Waals surface area (Å²) in [6.07, 6.45) is 10.2. The first-order valence-electron chi connectivity index (χ1n) is 7.97. The van der Waals surface area contributed by atoms with Gasteiger partial charge in [0.2, 0.25) is 0 Å². The highest BCUT2D eigenvalue weighted by molar-refractivity contribution is 6.84. The smallest absolute Gasteiger partial charge is 0.0780 e. The van der Waals surface area contributed by atoms with Crippen molar-refractivity contribution in [2.24, 2.45) is 23.7 Å². The van der Waals surface area contributed by atoms with Gasteiger partial charge in [-0.1, -0.05) is 50.5 Å². The molecule has 0 aliphatic heterocycles. The molecule has 6 unspecified atom stereocenters. The molecule has 20 heavy (non-hydrogen) atoms. The van der Waals surface area contributed by atoms with Crippen LogP contribution in [0.2, 0.25) is 37.3 Å². The summed E-state index contributed by atoms with van der Waals surface area (Å²) in [5, 5.41) is 0. The van der Waals surface area contributed by atoms with Crippen molar-refractivity contribution in [3.8, 4) is 0 Å². The summed E-state index contributed by atoms with van der Waals surface area (Å²) >= 11 is 0. The van der Waals surface area contributed by atoms with Gasteiger partial charge < -0.3 is 0 Å². The van der Waals surface area contributed by atoms with Crippen LogP contribution in [-0.4, -0.2) is 16.1 Å². The van der Waals surface area contributed by atoms with Crippen LogP contribution >= 0.6 is 0 Å². The van der Waals surface area contributed by atoms with Crippen molar-refractivity contribution >= 4 is 16.1 Å². The SMILES string of the molecule is C=C[Si](C)(C)C1C=CC2C3C=CC(C21)C3[Si](C)(C)C=C. The summed E-state index contributed by atoms with van der Waals surface area (Å²) in [7, 11) is -2.65. The van der Waals surface area contributed by atoms with E-state index in [0.29, 0.717) is 0 Å². The van der Waals surface area contributed by atoms with Gasteiger partial charge in [0.15, 0.2) is 0 Å². The summed E-state index contributed by atoms with van der Waals surface area (Å²) in [5.41, 5.74) is 6.30. The van der Waals surface area contributed by atoms with Crippen LogP contribution in [0.4, 0.5) is 0 Å². The van der Waals surface area contributed by atoms with Crippen molar-refractivity contribution in [1.29, 1.82) is 0 Å². The molecule has 2 heteroatoms. The molecule has 0 radical (unpaired) electrons. The second kappa shape index (κ2) is 4.44. The van der Waals surface area contributed by atoms with Crippen molar-refractivity contribution in [2.45, 2.75) is 37.3 Å². The van der Waals surface area contributed by atoms with Gasteiger partial charge in [-0.25, -0.2) is 0 Å². The average Bonchev–Trinajstić information content (AvgIpc) is 3.08. The Balaban J connectivity index is 1.96. The Morgan fingerprint density at radius 1 is 0.750 bits per heavy atom. The summed E-state index contributed by atoms with van der Waals surface area (Å²) in [5.74, 6) is 3.26. The van der Waals surface area contributed by atoms with E-state index >= 15 is 0 Å². The fraction of sp³-hybridized carbons (Fsp3) is 0.556. The third-order valence-corrected chi connectivity index (χ3v) is 13.3. The van der Waals surface area contributed by atoms with Crippen molar-refractivity contribution in [2.75, 3.05) is 0 Å². The van der Waals surface area contributed by atoms with Gasteiger partial charge in [0.25, 0.3) is 0 Å². The summed E-state index contributed by atoms with van der Waals surface area (Å²) in [4.78, 5) is 0. The third kappa shape index (κ3) is 1.77. The standard InChI is InChI=1S/C18H28Si2/c1-7-19(3,4)16-12-11-13-14-9-10-15(17(13)16)18(14)20(5,6)8-2/h7-18H,1-2H2,3-6H3. The maximum atomic E-state index is 4.16. The molecule has 6 atom stereocenters. The lowest BCUT2D eigenvalue weighted by molar-refractivity contribution is 0.392. The van der Waals surface area contributed by atoms with Crippen molar-refractivity contribution < 1.29 is 0 Å². The molecule has 0 spiro atoms. The van der Waals surface area contributed by atoms with Gasteiger partial charge >= 0.3 is 0 Å². The Labute approximate surface area is 126 Å². The Kier molecular flexibility index (Phi) is 3.18. The van der Waals surface area contributed by atoms with Crippen molar-refractivity contribution in [3.05, 3.63) is 48.9 Å². The van der Waals surface area contributed by atoms with E-state index in [2.05, 4.69) is 75.0 Å². The van der Waals surface area contributed by atoms with Gasteiger partial charge in [-0.3, -0.25) is 0 Å². The first-order chi connectivity index (χ1) is 9.33. The van der Waals surface area contributed by atoms with Crippen LogP contribution in [0.5, 0.6) is 0 Å². The van der Waals surface area contributed by atoms with Crippen LogP contribution in [0.1, 0.15) is 0 Å². The van der Waals surface area contributed by atoms with Crippen molar-refractivity contribution in [3.63, 3.8) is 0 Å². The molecule has 3 aliphatic carbocycles. The molecule has 3 aliphatic rings. The molecular formula is C18H28Si2. The Bertz CT molecular complexity index is 498. The van der Waals surface area contributed by atoms with Gasteiger partial charge in [-0.2, -0.15) is 0 Å². The molecule has 108 valence electrons. The van der Waals surface area contributed by atoms with E-state index < -0.39 is 16.1 Å². The fourth-order valence-electron chi connectivity index (χ4n) is 5.12. The van der Waals surface area contributed by atoms with Crippen LogP contribution in [0.25, 0.3) is 0 Å². The maximum absolute atomic E-state index is 4.16. The van der Waals surface area contributed by atoms with Gasteiger partial charge in [0.05, 0.1) is 16.1 Å². The molecular weight excluding hydrogens is 272 g/mol. The van der Waals surface area contributed by atoms with Crippen LogP contribution in [0, 0.1) is 23.7 Å². The van der Waals surface area contributed by atoms with E-state index in [-0.39, 0.29) is 0 Å². The van der Waals surface area contributed by atoms with E-state index in [1.54, 1.807) is 0 Å². The van der Waals surface area contributed by atoms with Crippen LogP contribution in [-0.2, 0) is 0 Å². The van der Waals surface area contributed by atoms with Crippen molar-refractivity contribution in [1.82, 2.24) is 0 Å². The molecule has 0 saturated heterocycles. The first kappa shape index (κ1) is 14.3. The highest BCUT2D eigenvalue weighted by atomic mass is 28.3. The Morgan fingerprint density at radius 3 is 1.90 bits per heavy atom. The van der Waals surface area contributed by atoms with E-state index in [0.717, 1.165) is 34.8 Å². The van der Waals surface area contributed by atoms with Crippen LogP contribution in [0.3, 0.4) is 0 Å². The predicted molar refractivity (Wildman–Crippen MR) is 95.1 cm³/mol. The molecule has 1 saturated carbocycles.